The lowest BCUT2D eigenvalue weighted by Gasteiger charge is -2.44. The monoisotopic (exact) mass is 353 g/mol. The molecular weight excluding hydrogens is 330 g/mol. The molecule has 2 saturated heterocycles. The summed E-state index contributed by atoms with van der Waals surface area (Å²) >= 11 is 0. The van der Waals surface area contributed by atoms with Gasteiger partial charge in [0, 0.05) is 37.6 Å². The van der Waals surface area contributed by atoms with Crippen LogP contribution in [0.15, 0.2) is 43.0 Å². The van der Waals surface area contributed by atoms with E-state index in [-0.39, 0.29) is 11.5 Å². The Balaban J connectivity index is 1.39. The molecule has 0 saturated carbocycles. The van der Waals surface area contributed by atoms with Gasteiger partial charge in [-0.3, -0.25) is 9.78 Å². The molecule has 2 fully saturated rings. The van der Waals surface area contributed by atoms with Crippen molar-refractivity contribution >= 4 is 17.5 Å². The molecule has 136 valence electrons. The van der Waals surface area contributed by atoms with E-state index < -0.39 is 6.10 Å². The van der Waals surface area contributed by atoms with Crippen molar-refractivity contribution < 1.29 is 9.53 Å². The second-order valence-corrected chi connectivity index (χ2v) is 7.09. The maximum Gasteiger partial charge on any atom is 0.253 e. The summed E-state index contributed by atoms with van der Waals surface area (Å²) < 4.78 is 6.32. The van der Waals surface area contributed by atoms with Crippen LogP contribution in [0.1, 0.15) is 26.2 Å². The van der Waals surface area contributed by atoms with Gasteiger partial charge in [-0.15, -0.1) is 0 Å². The average molecular weight is 353 g/mol. The number of carbonyl (C=O) groups excluding carboxylic acids is 1. The Morgan fingerprint density at radius 3 is 2.85 bits per heavy atom. The maximum absolute atomic E-state index is 12.5. The van der Waals surface area contributed by atoms with Crippen molar-refractivity contribution in [3.05, 3.63) is 43.0 Å². The summed E-state index contributed by atoms with van der Waals surface area (Å²) in [5.41, 5.74) is 0.466. The standard InChI is InChI=1S/C19H23N5O2/c1-14-13-24(18-21-9-3-10-22-18)11-7-19(14)6-5-16(26-19)17(25)23-15-4-2-8-20-12-15/h2-4,8-10,12,14,16H,5-7,11,13H2,1H3,(H,23,25). The van der Waals surface area contributed by atoms with Crippen LogP contribution in [0.25, 0.3) is 0 Å². The molecular formula is C19H23N5O2. The molecule has 3 atom stereocenters. The summed E-state index contributed by atoms with van der Waals surface area (Å²) in [5.74, 6) is 0.977. The molecule has 2 aromatic heterocycles. The van der Waals surface area contributed by atoms with Crippen molar-refractivity contribution in [1.82, 2.24) is 15.0 Å². The molecule has 26 heavy (non-hydrogen) atoms. The van der Waals surface area contributed by atoms with E-state index in [2.05, 4.69) is 32.1 Å². The summed E-state index contributed by atoms with van der Waals surface area (Å²) in [5, 5.41) is 2.90. The Morgan fingerprint density at radius 2 is 2.12 bits per heavy atom. The van der Waals surface area contributed by atoms with Crippen LogP contribution < -0.4 is 10.2 Å². The highest BCUT2D eigenvalue weighted by atomic mass is 16.5. The highest BCUT2D eigenvalue weighted by Gasteiger charge is 2.49. The van der Waals surface area contributed by atoms with Crippen LogP contribution >= 0.6 is 0 Å². The fraction of sp³-hybridized carbons (Fsp3) is 0.474. The van der Waals surface area contributed by atoms with E-state index in [1.165, 1.54) is 0 Å². The highest BCUT2D eigenvalue weighted by Crippen LogP contribution is 2.43. The minimum Gasteiger partial charge on any atom is -0.362 e. The maximum atomic E-state index is 12.5. The summed E-state index contributed by atoms with van der Waals surface area (Å²) in [6.07, 6.45) is 8.98. The molecule has 4 rings (SSSR count). The second kappa shape index (κ2) is 6.99. The molecule has 2 aliphatic rings. The third kappa shape index (κ3) is 3.26. The van der Waals surface area contributed by atoms with Crippen LogP contribution in [0.2, 0.25) is 0 Å². The number of hydrogen-bond donors (Lipinski definition) is 1. The van der Waals surface area contributed by atoms with Gasteiger partial charge in [0.05, 0.1) is 17.5 Å². The number of nitrogens with zero attached hydrogens (tertiary/aromatic N) is 4. The van der Waals surface area contributed by atoms with Crippen LogP contribution in [0, 0.1) is 5.92 Å². The lowest BCUT2D eigenvalue weighted by atomic mass is 9.80. The first-order chi connectivity index (χ1) is 12.7. The van der Waals surface area contributed by atoms with Gasteiger partial charge in [0.15, 0.2) is 0 Å². The SMILES string of the molecule is CC1CN(c2ncccn2)CCC12CCC(C(=O)Nc1cccnc1)O2. The molecule has 0 bridgehead atoms. The number of carbonyl (C=O) groups is 1. The van der Waals surface area contributed by atoms with Crippen molar-refractivity contribution in [1.29, 1.82) is 0 Å². The normalized spacial score (nSPS) is 28.3. The number of piperidine rings is 1. The number of pyridine rings is 1. The van der Waals surface area contributed by atoms with Crippen LogP contribution in [-0.4, -0.2) is 45.7 Å². The Labute approximate surface area is 152 Å². The van der Waals surface area contributed by atoms with Crippen molar-refractivity contribution in [3.8, 4) is 0 Å². The van der Waals surface area contributed by atoms with Crippen molar-refractivity contribution in [2.45, 2.75) is 37.9 Å². The third-order valence-electron chi connectivity index (χ3n) is 5.46. The predicted octanol–water partition coefficient (Wildman–Crippen LogP) is 2.27. The minimum absolute atomic E-state index is 0.0871. The van der Waals surface area contributed by atoms with Crippen LogP contribution in [0.3, 0.4) is 0 Å². The molecule has 4 heterocycles. The zero-order valence-corrected chi connectivity index (χ0v) is 14.8. The first-order valence-electron chi connectivity index (χ1n) is 9.07. The first kappa shape index (κ1) is 16.9. The van der Waals surface area contributed by atoms with E-state index in [0.717, 1.165) is 38.3 Å². The number of nitrogens with one attached hydrogen (secondary N) is 1. The molecule has 7 nitrogen and oxygen atoms in total. The summed E-state index contributed by atoms with van der Waals surface area (Å²) in [6, 6.07) is 5.45. The number of anilines is 2. The van der Waals surface area contributed by atoms with Crippen molar-refractivity contribution in [2.24, 2.45) is 5.92 Å². The fourth-order valence-corrected chi connectivity index (χ4v) is 3.96. The van der Waals surface area contributed by atoms with Gasteiger partial charge in [-0.1, -0.05) is 6.92 Å². The number of hydrogen-bond acceptors (Lipinski definition) is 6. The Kier molecular flexibility index (Phi) is 4.55. The zero-order valence-electron chi connectivity index (χ0n) is 14.8. The molecule has 3 unspecified atom stereocenters. The third-order valence-corrected chi connectivity index (χ3v) is 5.46. The van der Waals surface area contributed by atoms with Gasteiger partial charge >= 0.3 is 0 Å². The molecule has 0 aromatic carbocycles. The molecule has 1 N–H and O–H groups in total. The van der Waals surface area contributed by atoms with Crippen molar-refractivity contribution in [3.63, 3.8) is 0 Å². The van der Waals surface area contributed by atoms with E-state index >= 15 is 0 Å². The molecule has 2 aliphatic heterocycles. The van der Waals surface area contributed by atoms with Gasteiger partial charge in [0.1, 0.15) is 6.10 Å². The van der Waals surface area contributed by atoms with Gasteiger partial charge in [0.25, 0.3) is 5.91 Å². The lowest BCUT2D eigenvalue weighted by Crippen LogP contribution is -2.51. The summed E-state index contributed by atoms with van der Waals surface area (Å²) in [6.45, 7) is 3.86. The number of amides is 1. The average Bonchev–Trinajstić information content (AvgIpc) is 3.11. The van der Waals surface area contributed by atoms with E-state index in [4.69, 9.17) is 4.74 Å². The summed E-state index contributed by atoms with van der Waals surface area (Å²) in [7, 11) is 0. The molecule has 1 amide bonds. The summed E-state index contributed by atoms with van der Waals surface area (Å²) in [4.78, 5) is 27.5. The van der Waals surface area contributed by atoms with E-state index in [1.807, 2.05) is 12.1 Å². The van der Waals surface area contributed by atoms with Gasteiger partial charge in [-0.25, -0.2) is 9.97 Å². The van der Waals surface area contributed by atoms with E-state index in [9.17, 15) is 4.79 Å². The van der Waals surface area contributed by atoms with Crippen molar-refractivity contribution in [2.75, 3.05) is 23.3 Å². The van der Waals surface area contributed by atoms with Crippen LogP contribution in [0.4, 0.5) is 11.6 Å². The Bertz CT molecular complexity index is 757. The fourth-order valence-electron chi connectivity index (χ4n) is 3.96. The van der Waals surface area contributed by atoms with E-state index in [1.54, 1.807) is 30.9 Å². The van der Waals surface area contributed by atoms with E-state index in [0.29, 0.717) is 11.6 Å². The Hall–Kier alpha value is -2.54. The molecule has 2 aromatic rings. The Morgan fingerprint density at radius 1 is 1.27 bits per heavy atom. The van der Waals surface area contributed by atoms with Gasteiger partial charge < -0.3 is 15.0 Å². The number of ether oxygens (including phenoxy) is 1. The van der Waals surface area contributed by atoms with Gasteiger partial charge in [-0.05, 0) is 37.5 Å². The lowest BCUT2D eigenvalue weighted by molar-refractivity contribution is -0.137. The van der Waals surface area contributed by atoms with Crippen LogP contribution in [0.5, 0.6) is 0 Å². The number of aromatic nitrogens is 3. The number of rotatable bonds is 3. The van der Waals surface area contributed by atoms with Gasteiger partial charge in [-0.2, -0.15) is 0 Å². The predicted molar refractivity (Wildman–Crippen MR) is 97.7 cm³/mol. The molecule has 0 aliphatic carbocycles. The first-order valence-corrected chi connectivity index (χ1v) is 9.07. The van der Waals surface area contributed by atoms with Crippen LogP contribution in [-0.2, 0) is 9.53 Å². The largest absolute Gasteiger partial charge is 0.362 e. The second-order valence-electron chi connectivity index (χ2n) is 7.09. The quantitative estimate of drug-likeness (QED) is 0.912. The highest BCUT2D eigenvalue weighted by molar-refractivity contribution is 5.94. The minimum atomic E-state index is -0.405. The zero-order chi connectivity index (χ0) is 18.0. The smallest absolute Gasteiger partial charge is 0.253 e. The molecule has 7 heteroatoms. The topological polar surface area (TPSA) is 80.2 Å². The molecule has 0 radical (unpaired) electrons. The van der Waals surface area contributed by atoms with Gasteiger partial charge in [0.2, 0.25) is 5.95 Å². The molecule has 1 spiro atoms.